The first-order chi connectivity index (χ1) is 11.4. The Kier molecular flexibility index (Phi) is 6.11. The lowest BCUT2D eigenvalue weighted by Gasteiger charge is -2.17. The average molecular weight is 344 g/mol. The third-order valence-electron chi connectivity index (χ3n) is 3.71. The molecule has 3 N–H and O–H groups in total. The van der Waals surface area contributed by atoms with Crippen molar-refractivity contribution in [1.29, 1.82) is 0 Å². The first kappa shape index (κ1) is 18.2. The number of carbonyl (C=O) groups is 1. The monoisotopic (exact) mass is 343 g/mol. The van der Waals surface area contributed by atoms with Gasteiger partial charge in [-0.3, -0.25) is 4.79 Å². The van der Waals surface area contributed by atoms with Crippen LogP contribution in [0.2, 0.25) is 19.6 Å². The number of nitrogens with zero attached hydrogens (tertiary/aromatic N) is 1. The van der Waals surface area contributed by atoms with Gasteiger partial charge in [-0.1, -0.05) is 49.1 Å². The second-order valence-corrected chi connectivity index (χ2v) is 11.8. The Morgan fingerprint density at radius 2 is 1.96 bits per heavy atom. The summed E-state index contributed by atoms with van der Waals surface area (Å²) in [6.07, 6.45) is 1.48. The molecule has 1 amide bonds. The zero-order valence-corrected chi connectivity index (χ0v) is 15.5. The second kappa shape index (κ2) is 8.08. The Hall–Kier alpha value is -2.18. The summed E-state index contributed by atoms with van der Waals surface area (Å²) in [6, 6.07) is 11.7. The number of benzene rings is 1. The lowest BCUT2D eigenvalue weighted by atomic mass is 10.2. The van der Waals surface area contributed by atoms with Gasteiger partial charge in [-0.2, -0.15) is 0 Å². The van der Waals surface area contributed by atoms with Crippen LogP contribution in [0.25, 0.3) is 0 Å². The maximum atomic E-state index is 11.9. The topological polar surface area (TPSA) is 74.2 Å². The molecule has 1 aromatic heterocycles. The van der Waals surface area contributed by atoms with Crippen LogP contribution < -0.4 is 15.8 Å². The molecule has 0 atom stereocenters. The number of pyridine rings is 1. The molecule has 0 saturated heterocycles. The number of amides is 1. The van der Waals surface area contributed by atoms with Crippen LogP contribution in [0.5, 0.6) is 5.75 Å². The highest BCUT2D eigenvalue weighted by Gasteiger charge is 2.16. The van der Waals surface area contributed by atoms with Gasteiger partial charge in [-0.05, 0) is 17.7 Å². The van der Waals surface area contributed by atoms with E-state index in [1.54, 1.807) is 6.07 Å². The molecule has 0 bridgehead atoms. The van der Waals surface area contributed by atoms with Crippen molar-refractivity contribution in [2.75, 3.05) is 13.1 Å². The first-order valence-electron chi connectivity index (χ1n) is 8.10. The quantitative estimate of drug-likeness (QED) is 0.530. The molecule has 0 aliphatic heterocycles. The molecule has 1 aromatic carbocycles. The van der Waals surface area contributed by atoms with Gasteiger partial charge in [0, 0.05) is 25.8 Å². The summed E-state index contributed by atoms with van der Waals surface area (Å²) in [4.78, 5) is 15.8. The Morgan fingerprint density at radius 3 is 2.67 bits per heavy atom. The minimum atomic E-state index is -1.29. The van der Waals surface area contributed by atoms with Gasteiger partial charge in [0.2, 0.25) is 0 Å². The van der Waals surface area contributed by atoms with Gasteiger partial charge in [0.25, 0.3) is 5.91 Å². The van der Waals surface area contributed by atoms with Crippen molar-refractivity contribution in [2.24, 2.45) is 0 Å². The molecule has 24 heavy (non-hydrogen) atoms. The predicted octanol–water partition coefficient (Wildman–Crippen LogP) is 1.85. The van der Waals surface area contributed by atoms with Crippen LogP contribution in [-0.2, 0) is 6.54 Å². The van der Waals surface area contributed by atoms with E-state index in [1.807, 2.05) is 0 Å². The van der Waals surface area contributed by atoms with Gasteiger partial charge in [-0.25, -0.2) is 4.98 Å². The number of carbonyl (C=O) groups excluding carboxylic acids is 1. The van der Waals surface area contributed by atoms with Crippen LogP contribution >= 0.6 is 0 Å². The van der Waals surface area contributed by atoms with E-state index in [4.69, 9.17) is 0 Å². The average Bonchev–Trinajstić information content (AvgIpc) is 2.54. The fourth-order valence-corrected chi connectivity index (χ4v) is 3.52. The number of aromatic nitrogens is 1. The number of aromatic hydroxyl groups is 1. The predicted molar refractivity (Wildman–Crippen MR) is 99.4 cm³/mol. The summed E-state index contributed by atoms with van der Waals surface area (Å²) in [5.41, 5.74) is 1.31. The fraction of sp³-hybridized carbons (Fsp3) is 0.333. The van der Waals surface area contributed by atoms with Gasteiger partial charge in [0.15, 0.2) is 5.69 Å². The molecule has 0 aliphatic carbocycles. The molecule has 5 nitrogen and oxygen atoms in total. The third kappa shape index (κ3) is 5.18. The van der Waals surface area contributed by atoms with Crippen molar-refractivity contribution >= 4 is 19.2 Å². The summed E-state index contributed by atoms with van der Waals surface area (Å²) < 4.78 is 0. The maximum Gasteiger partial charge on any atom is 0.273 e. The van der Waals surface area contributed by atoms with E-state index in [2.05, 4.69) is 59.5 Å². The normalized spacial score (nSPS) is 11.3. The molecular weight excluding hydrogens is 318 g/mol. The van der Waals surface area contributed by atoms with Crippen LogP contribution in [0.4, 0.5) is 0 Å². The van der Waals surface area contributed by atoms with E-state index in [9.17, 15) is 9.90 Å². The third-order valence-corrected chi connectivity index (χ3v) is 5.75. The molecule has 0 aliphatic rings. The Bertz CT molecular complexity index is 699. The van der Waals surface area contributed by atoms with Crippen molar-refractivity contribution in [3.8, 4) is 5.75 Å². The number of rotatable bonds is 7. The van der Waals surface area contributed by atoms with Gasteiger partial charge in [-0.15, -0.1) is 0 Å². The maximum absolute atomic E-state index is 11.9. The molecule has 0 radical (unpaired) electrons. The zero-order chi connectivity index (χ0) is 17.6. The minimum absolute atomic E-state index is 0.0559. The van der Waals surface area contributed by atoms with Crippen LogP contribution in [0.1, 0.15) is 16.1 Å². The van der Waals surface area contributed by atoms with Crippen molar-refractivity contribution in [1.82, 2.24) is 15.6 Å². The highest BCUT2D eigenvalue weighted by atomic mass is 28.3. The molecule has 0 fully saturated rings. The van der Waals surface area contributed by atoms with E-state index < -0.39 is 8.07 Å². The van der Waals surface area contributed by atoms with Crippen LogP contribution in [0, 0.1) is 0 Å². The lowest BCUT2D eigenvalue weighted by Crippen LogP contribution is -2.38. The first-order valence-corrected chi connectivity index (χ1v) is 11.6. The van der Waals surface area contributed by atoms with Crippen molar-refractivity contribution in [3.05, 3.63) is 53.9 Å². The summed E-state index contributed by atoms with van der Waals surface area (Å²) in [6.45, 7) is 8.90. The SMILES string of the molecule is C[Si](C)(C)c1cccc(CNCCNC(=O)c2ncccc2O)c1. The molecule has 0 unspecified atom stereocenters. The Morgan fingerprint density at radius 1 is 1.17 bits per heavy atom. The molecule has 2 rings (SSSR count). The molecule has 6 heteroatoms. The fourth-order valence-electron chi connectivity index (χ4n) is 2.30. The van der Waals surface area contributed by atoms with Gasteiger partial charge in [0.1, 0.15) is 5.75 Å². The lowest BCUT2D eigenvalue weighted by molar-refractivity contribution is 0.0946. The van der Waals surface area contributed by atoms with Crippen LogP contribution in [-0.4, -0.2) is 37.2 Å². The van der Waals surface area contributed by atoms with Gasteiger partial charge < -0.3 is 15.7 Å². The van der Waals surface area contributed by atoms with E-state index >= 15 is 0 Å². The highest BCUT2D eigenvalue weighted by molar-refractivity contribution is 6.88. The Labute approximate surface area is 144 Å². The summed E-state index contributed by atoms with van der Waals surface area (Å²) in [5, 5.41) is 17.1. The zero-order valence-electron chi connectivity index (χ0n) is 14.5. The number of hydrogen-bond donors (Lipinski definition) is 3. The van der Waals surface area contributed by atoms with Gasteiger partial charge in [0.05, 0.1) is 8.07 Å². The smallest absolute Gasteiger partial charge is 0.273 e. The van der Waals surface area contributed by atoms with Crippen LogP contribution in [0.15, 0.2) is 42.6 Å². The second-order valence-electron chi connectivity index (χ2n) is 6.75. The molecule has 1 heterocycles. The summed E-state index contributed by atoms with van der Waals surface area (Å²) >= 11 is 0. The number of nitrogens with one attached hydrogen (secondary N) is 2. The molecule has 0 saturated carbocycles. The number of hydrogen-bond acceptors (Lipinski definition) is 4. The molecule has 0 spiro atoms. The van der Waals surface area contributed by atoms with Crippen molar-refractivity contribution in [2.45, 2.75) is 26.2 Å². The molecular formula is C18H25N3O2Si. The standard InChI is InChI=1S/C18H25N3O2Si/c1-24(2,3)15-7-4-6-14(12-15)13-19-10-11-21-18(23)17-16(22)8-5-9-20-17/h4-9,12,19,22H,10-11,13H2,1-3H3,(H,21,23). The van der Waals surface area contributed by atoms with Crippen molar-refractivity contribution in [3.63, 3.8) is 0 Å². The Balaban J connectivity index is 1.76. The summed E-state index contributed by atoms with van der Waals surface area (Å²) in [7, 11) is -1.29. The van der Waals surface area contributed by atoms with Crippen LogP contribution in [0.3, 0.4) is 0 Å². The van der Waals surface area contributed by atoms with E-state index in [1.165, 1.54) is 23.0 Å². The highest BCUT2D eigenvalue weighted by Crippen LogP contribution is 2.11. The van der Waals surface area contributed by atoms with E-state index in [-0.39, 0.29) is 17.4 Å². The largest absolute Gasteiger partial charge is 0.505 e. The van der Waals surface area contributed by atoms with Gasteiger partial charge >= 0.3 is 0 Å². The molecule has 128 valence electrons. The minimum Gasteiger partial charge on any atom is -0.505 e. The van der Waals surface area contributed by atoms with E-state index in [0.717, 1.165) is 6.54 Å². The summed E-state index contributed by atoms with van der Waals surface area (Å²) in [5.74, 6) is -0.471. The molecule has 2 aromatic rings. The van der Waals surface area contributed by atoms with Crippen molar-refractivity contribution < 1.29 is 9.90 Å². The van der Waals surface area contributed by atoms with E-state index in [0.29, 0.717) is 13.1 Å².